The summed E-state index contributed by atoms with van der Waals surface area (Å²) in [5.41, 5.74) is 2.75. The molecule has 26 heavy (non-hydrogen) atoms. The molecule has 0 aliphatic heterocycles. The fourth-order valence-corrected chi connectivity index (χ4v) is 2.94. The summed E-state index contributed by atoms with van der Waals surface area (Å²) >= 11 is 1.66. The number of hydrogen-bond acceptors (Lipinski definition) is 4. The van der Waals surface area contributed by atoms with E-state index in [1.807, 2.05) is 38.2 Å². The van der Waals surface area contributed by atoms with E-state index in [9.17, 15) is 4.79 Å². The molecule has 142 valence electrons. The molecule has 0 radical (unpaired) electrons. The molecule has 8 heteroatoms. The minimum Gasteiger partial charge on any atom is -0.357 e. The van der Waals surface area contributed by atoms with Gasteiger partial charge in [-0.3, -0.25) is 4.79 Å². The Balaban J connectivity index is 0.00000338. The fourth-order valence-electron chi connectivity index (χ4n) is 2.34. The molecule has 0 aliphatic rings. The average molecular weight is 487 g/mol. The first-order chi connectivity index (χ1) is 12.0. The second-order valence-electron chi connectivity index (χ2n) is 5.66. The number of benzene rings is 1. The van der Waals surface area contributed by atoms with Crippen molar-refractivity contribution in [2.24, 2.45) is 4.99 Å². The lowest BCUT2D eigenvalue weighted by Gasteiger charge is -2.21. The van der Waals surface area contributed by atoms with Gasteiger partial charge in [-0.15, -0.1) is 35.3 Å². The molecule has 0 fully saturated rings. The number of nitrogens with zero attached hydrogens (tertiary/aromatic N) is 3. The number of guanidine groups is 1. The lowest BCUT2D eigenvalue weighted by atomic mass is 10.1. The number of amides is 1. The van der Waals surface area contributed by atoms with Gasteiger partial charge in [-0.2, -0.15) is 0 Å². The molecule has 0 spiro atoms. The zero-order valence-electron chi connectivity index (χ0n) is 15.6. The Morgan fingerprint density at radius 1 is 1.31 bits per heavy atom. The molecular formula is C18H26IN5OS. The standard InChI is InChI=1S/C18H25N5OS.HI/c1-5-20-18(23(4)11-16-12-25-13(2)22-16)21-10-14-6-8-15(9-7-14)17(24)19-3;/h6-9,12H,5,10-11H2,1-4H3,(H,19,24)(H,20,21);1H. The van der Waals surface area contributed by atoms with Crippen LogP contribution < -0.4 is 10.6 Å². The molecule has 2 N–H and O–H groups in total. The predicted octanol–water partition coefficient (Wildman–Crippen LogP) is 3.03. The van der Waals surface area contributed by atoms with Gasteiger partial charge in [0.2, 0.25) is 0 Å². The van der Waals surface area contributed by atoms with E-state index in [1.54, 1.807) is 18.4 Å². The van der Waals surface area contributed by atoms with Crippen LogP contribution in [0.2, 0.25) is 0 Å². The lowest BCUT2D eigenvalue weighted by Crippen LogP contribution is -2.38. The van der Waals surface area contributed by atoms with Crippen LogP contribution in [-0.2, 0) is 13.1 Å². The molecule has 0 saturated carbocycles. The van der Waals surface area contributed by atoms with Crippen LogP contribution in [0.5, 0.6) is 0 Å². The van der Waals surface area contributed by atoms with Gasteiger partial charge < -0.3 is 15.5 Å². The monoisotopic (exact) mass is 487 g/mol. The molecule has 1 aromatic heterocycles. The SMILES string of the molecule is CCNC(=NCc1ccc(C(=O)NC)cc1)N(C)Cc1csc(C)n1.I. The Morgan fingerprint density at radius 2 is 2.00 bits per heavy atom. The van der Waals surface area contributed by atoms with Crippen molar-refractivity contribution >= 4 is 47.2 Å². The highest BCUT2D eigenvalue weighted by Crippen LogP contribution is 2.10. The maximum atomic E-state index is 11.6. The summed E-state index contributed by atoms with van der Waals surface area (Å²) in [7, 11) is 3.63. The summed E-state index contributed by atoms with van der Waals surface area (Å²) in [6.07, 6.45) is 0. The topological polar surface area (TPSA) is 69.6 Å². The van der Waals surface area contributed by atoms with E-state index in [-0.39, 0.29) is 29.9 Å². The summed E-state index contributed by atoms with van der Waals surface area (Å²) in [5.74, 6) is 0.755. The quantitative estimate of drug-likeness (QED) is 0.374. The minimum absolute atomic E-state index is 0. The number of nitrogens with one attached hydrogen (secondary N) is 2. The highest BCUT2D eigenvalue weighted by molar-refractivity contribution is 14.0. The van der Waals surface area contributed by atoms with Crippen LogP contribution in [0.3, 0.4) is 0 Å². The first-order valence-corrected chi connectivity index (χ1v) is 9.13. The maximum Gasteiger partial charge on any atom is 0.251 e. The number of aromatic nitrogens is 1. The fraction of sp³-hybridized carbons (Fsp3) is 0.389. The van der Waals surface area contributed by atoms with Gasteiger partial charge in [0.15, 0.2) is 5.96 Å². The average Bonchev–Trinajstić information content (AvgIpc) is 3.03. The number of hydrogen-bond donors (Lipinski definition) is 2. The molecule has 0 unspecified atom stereocenters. The van der Waals surface area contributed by atoms with Crippen molar-refractivity contribution < 1.29 is 4.79 Å². The molecule has 0 bridgehead atoms. The zero-order valence-corrected chi connectivity index (χ0v) is 18.7. The summed E-state index contributed by atoms with van der Waals surface area (Å²) < 4.78 is 0. The van der Waals surface area contributed by atoms with Crippen molar-refractivity contribution in [2.75, 3.05) is 20.6 Å². The Labute approximate surface area is 176 Å². The molecule has 0 saturated heterocycles. The molecule has 2 rings (SSSR count). The van der Waals surface area contributed by atoms with Crippen molar-refractivity contribution in [3.8, 4) is 0 Å². The van der Waals surface area contributed by atoms with E-state index in [4.69, 9.17) is 0 Å². The van der Waals surface area contributed by atoms with E-state index in [0.29, 0.717) is 18.7 Å². The van der Waals surface area contributed by atoms with Gasteiger partial charge in [0, 0.05) is 31.6 Å². The van der Waals surface area contributed by atoms with Gasteiger partial charge in [0.05, 0.1) is 23.8 Å². The molecule has 0 atom stereocenters. The summed E-state index contributed by atoms with van der Waals surface area (Å²) in [6, 6.07) is 7.50. The van der Waals surface area contributed by atoms with Crippen LogP contribution in [0.15, 0.2) is 34.6 Å². The van der Waals surface area contributed by atoms with Gasteiger partial charge in [0.1, 0.15) is 0 Å². The third kappa shape index (κ3) is 6.56. The second-order valence-corrected chi connectivity index (χ2v) is 6.72. The Bertz CT molecular complexity index is 729. The number of aryl methyl sites for hydroxylation is 1. The molecule has 1 amide bonds. The number of halogens is 1. The van der Waals surface area contributed by atoms with E-state index in [1.165, 1.54) is 0 Å². The van der Waals surface area contributed by atoms with E-state index in [2.05, 4.69) is 37.8 Å². The van der Waals surface area contributed by atoms with Gasteiger partial charge in [0.25, 0.3) is 5.91 Å². The van der Waals surface area contributed by atoms with Crippen LogP contribution in [0, 0.1) is 6.92 Å². The summed E-state index contributed by atoms with van der Waals surface area (Å²) in [4.78, 5) is 22.8. The largest absolute Gasteiger partial charge is 0.357 e. The number of rotatable bonds is 6. The summed E-state index contributed by atoms with van der Waals surface area (Å²) in [6.45, 7) is 6.13. The minimum atomic E-state index is -0.0818. The van der Waals surface area contributed by atoms with Gasteiger partial charge in [-0.25, -0.2) is 9.98 Å². The van der Waals surface area contributed by atoms with Gasteiger partial charge >= 0.3 is 0 Å². The van der Waals surface area contributed by atoms with Crippen LogP contribution in [0.1, 0.15) is 33.5 Å². The number of carbonyl (C=O) groups is 1. The predicted molar refractivity (Wildman–Crippen MR) is 118 cm³/mol. The maximum absolute atomic E-state index is 11.6. The zero-order chi connectivity index (χ0) is 18.2. The van der Waals surface area contributed by atoms with Crippen LogP contribution >= 0.6 is 35.3 Å². The van der Waals surface area contributed by atoms with E-state index in [0.717, 1.165) is 28.8 Å². The first kappa shape index (κ1) is 22.4. The van der Waals surface area contributed by atoms with Crippen LogP contribution in [0.4, 0.5) is 0 Å². The number of aliphatic imine (C=N–C) groups is 1. The Morgan fingerprint density at radius 3 is 2.54 bits per heavy atom. The summed E-state index contributed by atoms with van der Waals surface area (Å²) in [5, 5.41) is 9.07. The van der Waals surface area contributed by atoms with Crippen molar-refractivity contribution in [3.05, 3.63) is 51.5 Å². The smallest absolute Gasteiger partial charge is 0.251 e. The van der Waals surface area contributed by atoms with Crippen molar-refractivity contribution in [2.45, 2.75) is 26.9 Å². The normalized spacial score (nSPS) is 10.8. The number of thiazole rings is 1. The van der Waals surface area contributed by atoms with Gasteiger partial charge in [-0.1, -0.05) is 12.1 Å². The molecule has 6 nitrogen and oxygen atoms in total. The lowest BCUT2D eigenvalue weighted by molar-refractivity contribution is 0.0963. The molecule has 1 aromatic carbocycles. The van der Waals surface area contributed by atoms with Crippen molar-refractivity contribution in [1.82, 2.24) is 20.5 Å². The van der Waals surface area contributed by atoms with Gasteiger partial charge in [-0.05, 0) is 31.5 Å². The van der Waals surface area contributed by atoms with Crippen LogP contribution in [0.25, 0.3) is 0 Å². The molecular weight excluding hydrogens is 461 g/mol. The third-order valence-corrected chi connectivity index (χ3v) is 4.44. The second kappa shape index (κ2) is 11.1. The number of carbonyl (C=O) groups excluding carboxylic acids is 1. The van der Waals surface area contributed by atoms with Crippen molar-refractivity contribution in [3.63, 3.8) is 0 Å². The highest BCUT2D eigenvalue weighted by Gasteiger charge is 2.09. The third-order valence-electron chi connectivity index (χ3n) is 3.62. The van der Waals surface area contributed by atoms with E-state index < -0.39 is 0 Å². The highest BCUT2D eigenvalue weighted by atomic mass is 127. The Hall–Kier alpha value is -1.68. The molecule has 0 aliphatic carbocycles. The molecule has 2 aromatic rings. The van der Waals surface area contributed by atoms with Crippen LogP contribution in [-0.4, -0.2) is 42.4 Å². The molecule has 1 heterocycles. The Kier molecular flexibility index (Phi) is 9.57. The van der Waals surface area contributed by atoms with Crippen molar-refractivity contribution in [1.29, 1.82) is 0 Å². The van der Waals surface area contributed by atoms with E-state index >= 15 is 0 Å². The first-order valence-electron chi connectivity index (χ1n) is 8.25.